The van der Waals surface area contributed by atoms with Gasteiger partial charge in [0, 0.05) is 0 Å². The van der Waals surface area contributed by atoms with Gasteiger partial charge in [0.1, 0.15) is 6.33 Å². The summed E-state index contributed by atoms with van der Waals surface area (Å²) < 4.78 is 1.39. The molecule has 2 heterocycles. The Bertz CT molecular complexity index is 394. The van der Waals surface area contributed by atoms with Crippen LogP contribution in [-0.4, -0.2) is 31.1 Å². The van der Waals surface area contributed by atoms with Crippen LogP contribution in [0.5, 0.6) is 0 Å². The zero-order chi connectivity index (χ0) is 7.68. The van der Waals surface area contributed by atoms with E-state index in [4.69, 9.17) is 0 Å². The molecule has 6 nitrogen and oxygen atoms in total. The molecule has 0 aromatic carbocycles. The molecule has 0 amide bonds. The third-order valence-electron chi connectivity index (χ3n) is 1.18. The number of carbonyl (C=O) groups is 1. The summed E-state index contributed by atoms with van der Waals surface area (Å²) >= 11 is 0. The van der Waals surface area contributed by atoms with Gasteiger partial charge in [-0.05, 0) is 0 Å². The van der Waals surface area contributed by atoms with Crippen LogP contribution in [0.1, 0.15) is 10.6 Å². The fourth-order valence-electron chi connectivity index (χ4n) is 0.715. The van der Waals surface area contributed by atoms with Gasteiger partial charge in [-0.15, -0.1) is 15.3 Å². The van der Waals surface area contributed by atoms with Gasteiger partial charge in [0.05, 0.1) is 6.20 Å². The molecule has 2 aromatic rings. The number of carbonyl (C=O) groups excluding carboxylic acids is 1. The SMILES string of the molecule is O=Cc1ncc2nncn2n1. The van der Waals surface area contributed by atoms with Gasteiger partial charge in [-0.1, -0.05) is 0 Å². The summed E-state index contributed by atoms with van der Waals surface area (Å²) in [7, 11) is 0. The Hall–Kier alpha value is -1.85. The van der Waals surface area contributed by atoms with Crippen molar-refractivity contribution in [3.63, 3.8) is 0 Å². The van der Waals surface area contributed by atoms with E-state index in [1.54, 1.807) is 0 Å². The molecule has 0 bridgehead atoms. The summed E-state index contributed by atoms with van der Waals surface area (Å²) in [5, 5.41) is 11.0. The van der Waals surface area contributed by atoms with Gasteiger partial charge >= 0.3 is 0 Å². The summed E-state index contributed by atoms with van der Waals surface area (Å²) in [6.07, 6.45) is 3.41. The minimum atomic E-state index is 0.123. The third kappa shape index (κ3) is 0.841. The van der Waals surface area contributed by atoms with Gasteiger partial charge in [0.15, 0.2) is 11.9 Å². The molecule has 2 aromatic heterocycles. The topological polar surface area (TPSA) is 73.0 Å². The Kier molecular flexibility index (Phi) is 1.12. The van der Waals surface area contributed by atoms with Gasteiger partial charge in [-0.2, -0.15) is 4.52 Å². The average molecular weight is 149 g/mol. The summed E-state index contributed by atoms with van der Waals surface area (Å²) in [6, 6.07) is 0. The van der Waals surface area contributed by atoms with Gasteiger partial charge in [0.2, 0.25) is 5.82 Å². The zero-order valence-corrected chi connectivity index (χ0v) is 5.38. The van der Waals surface area contributed by atoms with Gasteiger partial charge in [-0.3, -0.25) is 4.79 Å². The van der Waals surface area contributed by atoms with Crippen molar-refractivity contribution in [2.75, 3.05) is 0 Å². The number of hydrogen-bond acceptors (Lipinski definition) is 5. The fraction of sp³-hybridized carbons (Fsp3) is 0. The summed E-state index contributed by atoms with van der Waals surface area (Å²) in [4.78, 5) is 13.9. The Labute approximate surface area is 60.9 Å². The second-order valence-electron chi connectivity index (χ2n) is 1.87. The van der Waals surface area contributed by atoms with Crippen molar-refractivity contribution >= 4 is 11.9 Å². The minimum Gasteiger partial charge on any atom is -0.294 e. The van der Waals surface area contributed by atoms with Crippen molar-refractivity contribution in [2.24, 2.45) is 0 Å². The molecule has 0 aliphatic carbocycles. The number of fused-ring (bicyclic) bond motifs is 1. The van der Waals surface area contributed by atoms with Crippen LogP contribution in [0.15, 0.2) is 12.5 Å². The molecule has 0 saturated carbocycles. The molecule has 0 fully saturated rings. The van der Waals surface area contributed by atoms with Crippen LogP contribution in [0.3, 0.4) is 0 Å². The van der Waals surface area contributed by atoms with E-state index in [1.165, 1.54) is 17.0 Å². The van der Waals surface area contributed by atoms with E-state index in [-0.39, 0.29) is 5.82 Å². The average Bonchev–Trinajstić information content (AvgIpc) is 2.50. The van der Waals surface area contributed by atoms with Crippen LogP contribution >= 0.6 is 0 Å². The van der Waals surface area contributed by atoms with E-state index >= 15 is 0 Å². The largest absolute Gasteiger partial charge is 0.294 e. The number of rotatable bonds is 1. The van der Waals surface area contributed by atoms with Crippen molar-refractivity contribution in [1.29, 1.82) is 0 Å². The first-order valence-electron chi connectivity index (χ1n) is 2.88. The lowest BCUT2D eigenvalue weighted by Gasteiger charge is -1.88. The van der Waals surface area contributed by atoms with Gasteiger partial charge in [-0.25, -0.2) is 4.98 Å². The summed E-state index contributed by atoms with van der Waals surface area (Å²) in [6.45, 7) is 0. The maximum absolute atomic E-state index is 10.2. The lowest BCUT2D eigenvalue weighted by atomic mass is 10.7. The van der Waals surface area contributed by atoms with Crippen LogP contribution in [0.4, 0.5) is 0 Å². The molecule has 6 heteroatoms. The molecule has 2 rings (SSSR count). The molecule has 54 valence electrons. The van der Waals surface area contributed by atoms with E-state index in [2.05, 4.69) is 20.3 Å². The fourth-order valence-corrected chi connectivity index (χ4v) is 0.715. The van der Waals surface area contributed by atoms with Crippen LogP contribution in [0, 0.1) is 0 Å². The standard InChI is InChI=1S/C5H3N5O/c11-2-4-6-1-5-8-7-3-10(5)9-4/h1-3H. The normalized spacial score (nSPS) is 10.2. The number of nitrogens with zero attached hydrogens (tertiary/aromatic N) is 5. The van der Waals surface area contributed by atoms with E-state index in [9.17, 15) is 4.79 Å². The Morgan fingerprint density at radius 1 is 1.55 bits per heavy atom. The smallest absolute Gasteiger partial charge is 0.213 e. The molecule has 11 heavy (non-hydrogen) atoms. The molecular weight excluding hydrogens is 146 g/mol. The van der Waals surface area contributed by atoms with Gasteiger partial charge < -0.3 is 0 Å². The first-order valence-corrected chi connectivity index (χ1v) is 2.88. The molecule has 0 aliphatic rings. The molecular formula is C5H3N5O. The monoisotopic (exact) mass is 149 g/mol. The Morgan fingerprint density at radius 2 is 2.45 bits per heavy atom. The Balaban J connectivity index is 2.76. The van der Waals surface area contributed by atoms with E-state index in [0.29, 0.717) is 11.9 Å². The lowest BCUT2D eigenvalue weighted by Crippen LogP contribution is -1.98. The predicted molar refractivity (Wildman–Crippen MR) is 34.0 cm³/mol. The zero-order valence-electron chi connectivity index (χ0n) is 5.38. The molecule has 0 N–H and O–H groups in total. The number of aromatic nitrogens is 5. The van der Waals surface area contributed by atoms with Crippen molar-refractivity contribution in [3.05, 3.63) is 18.3 Å². The highest BCUT2D eigenvalue weighted by atomic mass is 16.1. The highest BCUT2D eigenvalue weighted by Gasteiger charge is 1.97. The summed E-state index contributed by atoms with van der Waals surface area (Å²) in [5.74, 6) is 0.123. The molecule has 0 spiro atoms. The van der Waals surface area contributed by atoms with E-state index in [0.717, 1.165) is 0 Å². The lowest BCUT2D eigenvalue weighted by molar-refractivity contribution is 0.111. The van der Waals surface area contributed by atoms with Crippen LogP contribution in [0.25, 0.3) is 5.65 Å². The van der Waals surface area contributed by atoms with Crippen LogP contribution in [0.2, 0.25) is 0 Å². The van der Waals surface area contributed by atoms with Gasteiger partial charge in [0.25, 0.3) is 0 Å². The van der Waals surface area contributed by atoms with Crippen molar-refractivity contribution in [1.82, 2.24) is 24.8 Å². The maximum atomic E-state index is 10.2. The van der Waals surface area contributed by atoms with E-state index < -0.39 is 0 Å². The molecule has 0 atom stereocenters. The third-order valence-corrected chi connectivity index (χ3v) is 1.18. The molecule has 0 unspecified atom stereocenters. The first kappa shape index (κ1) is 5.90. The van der Waals surface area contributed by atoms with Crippen molar-refractivity contribution < 1.29 is 4.79 Å². The van der Waals surface area contributed by atoms with E-state index in [1.807, 2.05) is 0 Å². The second-order valence-corrected chi connectivity index (χ2v) is 1.87. The van der Waals surface area contributed by atoms with Crippen molar-refractivity contribution in [2.45, 2.75) is 0 Å². The molecule has 0 radical (unpaired) electrons. The Morgan fingerprint density at radius 3 is 3.27 bits per heavy atom. The number of hydrogen-bond donors (Lipinski definition) is 0. The maximum Gasteiger partial charge on any atom is 0.213 e. The highest BCUT2D eigenvalue weighted by Crippen LogP contribution is 1.91. The summed E-state index contributed by atoms with van der Waals surface area (Å²) in [5.41, 5.74) is 0.524. The van der Waals surface area contributed by atoms with Crippen LogP contribution in [-0.2, 0) is 0 Å². The van der Waals surface area contributed by atoms with Crippen molar-refractivity contribution in [3.8, 4) is 0 Å². The molecule has 0 aliphatic heterocycles. The molecule has 0 saturated heterocycles. The first-order chi connectivity index (χ1) is 5.40. The highest BCUT2D eigenvalue weighted by molar-refractivity contribution is 5.68. The quantitative estimate of drug-likeness (QED) is 0.503. The minimum absolute atomic E-state index is 0.123. The second kappa shape index (κ2) is 2.08. The predicted octanol–water partition coefficient (Wildman–Crippen LogP) is -0.668. The van der Waals surface area contributed by atoms with Crippen LogP contribution < -0.4 is 0 Å². The number of aldehydes is 1.